The van der Waals surface area contributed by atoms with Crippen LogP contribution in [0.25, 0.3) is 189 Å². The van der Waals surface area contributed by atoms with E-state index in [1.54, 1.807) is 0 Å². The van der Waals surface area contributed by atoms with Crippen molar-refractivity contribution in [2.75, 3.05) is 0 Å². The zero-order chi connectivity index (χ0) is 98.1. The Morgan fingerprint density at radius 3 is 0.573 bits per heavy atom. The van der Waals surface area contributed by atoms with Crippen LogP contribution in [0.3, 0.4) is 0 Å². The van der Waals surface area contributed by atoms with Gasteiger partial charge in [-0.15, -0.1) is 0 Å². The number of hydrogen-bond acceptors (Lipinski definition) is 0. The van der Waals surface area contributed by atoms with Crippen LogP contribution in [0, 0.1) is 11.8 Å². The SMILES string of the molecule is CC(C)CCC1(CCC(C)C)c2cc(-c3ccc4c(c3)C(C)(C)c3ccc(-c5cccc6c5-c5ccccc5C6(C)C)cc3-4)c(-c3ccc4c(c3)C(C)(C)c3ccc(-c5cccc6c5-c5ccccc5C6(C)C)cc3-4)cc2-c2cc(-c3ccc4c(c3)C(C)(C)c3ccc(-c5cccc6c5-c5ccccc5C6(C)C)cc3-4)c(-c3ccc4c(c3)C(C)(C)c3ccc(-c5cccc6c5-c5ccccc5C6(C)C)cc3-4)cc21. The molecule has 9 aliphatic carbocycles. The Labute approximate surface area is 847 Å². The maximum atomic E-state index is 2.80. The van der Waals surface area contributed by atoms with Crippen LogP contribution in [0.15, 0.2) is 340 Å². The van der Waals surface area contributed by atoms with Crippen LogP contribution in [0.1, 0.15) is 264 Å². The highest BCUT2D eigenvalue weighted by Gasteiger charge is 2.50. The van der Waals surface area contributed by atoms with Gasteiger partial charge in [-0.3, -0.25) is 0 Å². The minimum absolute atomic E-state index is 0.104. The summed E-state index contributed by atoms with van der Waals surface area (Å²) in [6.45, 7) is 49.1. The van der Waals surface area contributed by atoms with Gasteiger partial charge in [-0.25, -0.2) is 0 Å². The summed E-state index contributed by atoms with van der Waals surface area (Å²) in [6, 6.07) is 136. The third-order valence-electron chi connectivity index (χ3n) is 37.6. The molecule has 143 heavy (non-hydrogen) atoms. The lowest BCUT2D eigenvalue weighted by molar-refractivity contribution is 0.364. The molecule has 0 atom stereocenters. The minimum atomic E-state index is -0.363. The second-order valence-corrected chi connectivity index (χ2v) is 49.0. The maximum absolute atomic E-state index is 2.80. The third-order valence-corrected chi connectivity index (χ3v) is 37.6. The van der Waals surface area contributed by atoms with Crippen molar-refractivity contribution in [2.24, 2.45) is 11.8 Å². The summed E-state index contributed by atoms with van der Waals surface area (Å²) in [5, 5.41) is 0. The maximum Gasteiger partial charge on any atom is 0.0215 e. The quantitative estimate of drug-likeness (QED) is 0.102. The average Bonchev–Trinajstić information content (AvgIpc) is 1.55. The zero-order valence-electron chi connectivity index (χ0n) is 86.8. The molecule has 9 aliphatic rings. The minimum Gasteiger partial charge on any atom is -0.0628 e. The molecule has 0 bridgehead atoms. The van der Waals surface area contributed by atoms with Crippen LogP contribution >= 0.6 is 0 Å². The van der Waals surface area contributed by atoms with Crippen molar-refractivity contribution >= 4 is 0 Å². The Bertz CT molecular complexity index is 8180. The lowest BCUT2D eigenvalue weighted by Gasteiger charge is -2.35. The summed E-state index contributed by atoms with van der Waals surface area (Å²) in [5.74, 6) is 0.933. The normalized spacial score (nSPS) is 16.9. The first-order valence-corrected chi connectivity index (χ1v) is 53.1. The van der Waals surface area contributed by atoms with E-state index in [2.05, 4.69) is 478 Å². The van der Waals surface area contributed by atoms with E-state index in [0.717, 1.165) is 25.7 Å². The monoisotopic (exact) mass is 1840 g/mol. The van der Waals surface area contributed by atoms with Crippen molar-refractivity contribution in [1.29, 1.82) is 0 Å². The highest BCUT2D eigenvalue weighted by molar-refractivity contribution is 6.05. The fourth-order valence-electron chi connectivity index (χ4n) is 29.6. The number of rotatable bonds is 14. The van der Waals surface area contributed by atoms with E-state index >= 15 is 0 Å². The molecule has 18 aromatic carbocycles. The number of fused-ring (bicyclic) bond motifs is 27. The third kappa shape index (κ3) is 12.1. The van der Waals surface area contributed by atoms with Gasteiger partial charge in [0.1, 0.15) is 0 Å². The van der Waals surface area contributed by atoms with Gasteiger partial charge in [0.2, 0.25) is 0 Å². The van der Waals surface area contributed by atoms with E-state index in [4.69, 9.17) is 0 Å². The smallest absolute Gasteiger partial charge is 0.0215 e. The van der Waals surface area contributed by atoms with E-state index in [1.807, 2.05) is 0 Å². The van der Waals surface area contributed by atoms with E-state index in [1.165, 1.54) is 289 Å². The standard InChI is InChI=1S/C143H126/c1-81(2)65-67-143(68-66-82(3)4)129-79-105(89-51-59-97-109-71-85(55-63-119(109)141(17,18)127(97)75-89)93-39-31-47-123-133(93)101-35-23-27-43-115(101)137(123,9)10)103(87-49-57-95-107-69-83(53-61-117(107)139(13,14)125(95)73-87)91-37-29-45-121-131(91)99-33-21-25-41-113(99)135(121,5)6)77-111(129)112-78-104(88-50-58-96-108-70-84(54-62-118(108)140(15,16)126(96)74-88)92-38-30-46-122-132(92)100-34-22-26-42-114(100)136(122,7)8)106(80-130(112)143)90-52-60-98-110-72-86(56-64-120(110)142(19,20)128(98)76-90)94-40-32-48-124-134(94)102-36-24-28-44-116(102)138(124,11)12/h21-64,69-82H,65-68H2,1-20H3. The summed E-state index contributed by atoms with van der Waals surface area (Å²) in [5.41, 5.74) is 67.9. The van der Waals surface area contributed by atoms with Crippen molar-refractivity contribution in [1.82, 2.24) is 0 Å². The predicted molar refractivity (Wildman–Crippen MR) is 605 cm³/mol. The Hall–Kier alpha value is -14.0. The van der Waals surface area contributed by atoms with Gasteiger partial charge in [0.15, 0.2) is 0 Å². The van der Waals surface area contributed by atoms with Crippen LogP contribution in [0.4, 0.5) is 0 Å². The van der Waals surface area contributed by atoms with E-state index < -0.39 is 0 Å². The molecule has 0 saturated heterocycles. The van der Waals surface area contributed by atoms with Gasteiger partial charge in [-0.2, -0.15) is 0 Å². The Kier molecular flexibility index (Phi) is 18.5. The summed E-state index contributed by atoms with van der Waals surface area (Å²) >= 11 is 0. The molecule has 0 spiro atoms. The largest absolute Gasteiger partial charge is 0.0628 e. The van der Waals surface area contributed by atoms with Crippen LogP contribution in [0.2, 0.25) is 0 Å². The molecule has 0 saturated carbocycles. The first kappa shape index (κ1) is 87.9. The molecule has 0 unspecified atom stereocenters. The predicted octanol–water partition coefficient (Wildman–Crippen LogP) is 38.6. The van der Waals surface area contributed by atoms with Gasteiger partial charge < -0.3 is 0 Å². The van der Waals surface area contributed by atoms with Crippen molar-refractivity contribution in [3.8, 4) is 189 Å². The van der Waals surface area contributed by atoms with E-state index in [9.17, 15) is 0 Å². The molecular formula is C143H126. The van der Waals surface area contributed by atoms with Crippen molar-refractivity contribution in [3.05, 3.63) is 440 Å². The van der Waals surface area contributed by atoms with E-state index in [-0.39, 0.29) is 48.7 Å². The molecule has 0 amide bonds. The summed E-state index contributed by atoms with van der Waals surface area (Å²) in [7, 11) is 0. The van der Waals surface area contributed by atoms with Crippen molar-refractivity contribution in [3.63, 3.8) is 0 Å². The Balaban J connectivity index is 0.673. The molecule has 0 nitrogen and oxygen atoms in total. The van der Waals surface area contributed by atoms with Gasteiger partial charge >= 0.3 is 0 Å². The molecular weight excluding hydrogens is 1720 g/mol. The van der Waals surface area contributed by atoms with Crippen LogP contribution in [-0.4, -0.2) is 0 Å². The molecule has 18 aromatic rings. The van der Waals surface area contributed by atoms with Gasteiger partial charge in [0.05, 0.1) is 0 Å². The fraction of sp³-hybridized carbons (Fsp3) is 0.245. The Morgan fingerprint density at radius 2 is 0.329 bits per heavy atom. The summed E-state index contributed by atoms with van der Waals surface area (Å²) in [6.07, 6.45) is 4.20. The van der Waals surface area contributed by atoms with Crippen molar-refractivity contribution in [2.45, 2.75) is 213 Å². The molecule has 0 heterocycles. The number of hydrogen-bond donors (Lipinski definition) is 0. The van der Waals surface area contributed by atoms with Gasteiger partial charge in [-0.1, -0.05) is 405 Å². The molecule has 0 heteroatoms. The molecule has 0 N–H and O–H groups in total. The van der Waals surface area contributed by atoms with Gasteiger partial charge in [0, 0.05) is 48.7 Å². The summed E-state index contributed by atoms with van der Waals surface area (Å²) < 4.78 is 0. The lowest BCUT2D eigenvalue weighted by atomic mass is 9.68. The lowest BCUT2D eigenvalue weighted by Crippen LogP contribution is -2.27. The molecule has 27 rings (SSSR count). The van der Waals surface area contributed by atoms with Gasteiger partial charge in [0.25, 0.3) is 0 Å². The van der Waals surface area contributed by atoms with Crippen molar-refractivity contribution < 1.29 is 0 Å². The topological polar surface area (TPSA) is 0 Å². The summed E-state index contributed by atoms with van der Waals surface area (Å²) in [4.78, 5) is 0. The van der Waals surface area contributed by atoms with Crippen LogP contribution in [0.5, 0.6) is 0 Å². The first-order valence-electron chi connectivity index (χ1n) is 53.1. The second kappa shape index (κ2) is 30.1. The second-order valence-electron chi connectivity index (χ2n) is 49.0. The molecule has 698 valence electrons. The zero-order valence-corrected chi connectivity index (χ0v) is 86.8. The molecule has 0 fully saturated rings. The van der Waals surface area contributed by atoms with Crippen LogP contribution < -0.4 is 0 Å². The molecule has 0 radical (unpaired) electrons. The fourth-order valence-corrected chi connectivity index (χ4v) is 29.6. The molecule has 0 aromatic heterocycles. The van der Waals surface area contributed by atoms with Gasteiger partial charge in [-0.05, 0) is 400 Å². The molecule has 0 aliphatic heterocycles. The highest BCUT2D eigenvalue weighted by Crippen LogP contribution is 2.66. The number of benzene rings is 18. The van der Waals surface area contributed by atoms with E-state index in [0.29, 0.717) is 11.8 Å². The first-order chi connectivity index (χ1) is 68.6. The Morgan fingerprint density at radius 1 is 0.140 bits per heavy atom. The highest BCUT2D eigenvalue weighted by atomic mass is 14.5. The van der Waals surface area contributed by atoms with Crippen LogP contribution in [-0.2, 0) is 48.7 Å². The average molecular weight is 1840 g/mol.